The molecule has 0 unspecified atom stereocenters. The van der Waals surface area contributed by atoms with Crippen LogP contribution in [0.1, 0.15) is 21.7 Å². The molecule has 0 aliphatic carbocycles. The zero-order valence-corrected chi connectivity index (χ0v) is 16.1. The smallest absolute Gasteiger partial charge is 0.255 e. The predicted molar refractivity (Wildman–Crippen MR) is 104 cm³/mol. The number of aromatic nitrogens is 7. The summed E-state index contributed by atoms with van der Waals surface area (Å²) >= 11 is 0. The van der Waals surface area contributed by atoms with Crippen LogP contribution in [0.4, 0.5) is 5.69 Å². The summed E-state index contributed by atoms with van der Waals surface area (Å²) in [5.74, 6) is 0.968. The largest absolute Gasteiger partial charge is 0.494 e. The third kappa shape index (κ3) is 3.55. The van der Waals surface area contributed by atoms with Gasteiger partial charge in [-0.1, -0.05) is 0 Å². The van der Waals surface area contributed by atoms with E-state index in [1.165, 1.54) is 6.33 Å². The zero-order valence-electron chi connectivity index (χ0n) is 16.1. The van der Waals surface area contributed by atoms with Crippen molar-refractivity contribution in [2.75, 3.05) is 12.4 Å². The molecule has 2 aromatic heterocycles. The van der Waals surface area contributed by atoms with Crippen LogP contribution < -0.4 is 10.1 Å². The minimum atomic E-state index is -0.225. The number of amides is 1. The number of hydrogen-bond donors (Lipinski definition) is 1. The van der Waals surface area contributed by atoms with E-state index in [0.29, 0.717) is 28.5 Å². The second kappa shape index (κ2) is 7.50. The van der Waals surface area contributed by atoms with Gasteiger partial charge in [0, 0.05) is 11.3 Å². The molecule has 29 heavy (non-hydrogen) atoms. The maximum Gasteiger partial charge on any atom is 0.255 e. The van der Waals surface area contributed by atoms with Crippen LogP contribution in [0.15, 0.2) is 49.1 Å². The molecular weight excluding hydrogens is 372 g/mol. The molecule has 0 bridgehead atoms. The minimum Gasteiger partial charge on any atom is -0.494 e. The van der Waals surface area contributed by atoms with Crippen molar-refractivity contribution >= 4 is 11.6 Å². The average Bonchev–Trinajstić information content (AvgIpc) is 3.39. The molecule has 0 saturated carbocycles. The molecule has 0 aliphatic rings. The number of nitrogens with zero attached hydrogens (tertiary/aromatic N) is 7. The van der Waals surface area contributed by atoms with Crippen molar-refractivity contribution in [3.8, 4) is 17.1 Å². The van der Waals surface area contributed by atoms with Crippen molar-refractivity contribution in [2.24, 2.45) is 0 Å². The molecule has 0 aliphatic heterocycles. The van der Waals surface area contributed by atoms with Crippen molar-refractivity contribution in [3.05, 3.63) is 66.0 Å². The number of anilines is 1. The van der Waals surface area contributed by atoms with Gasteiger partial charge in [0.15, 0.2) is 5.82 Å². The molecular formula is C19H18N8O2. The summed E-state index contributed by atoms with van der Waals surface area (Å²) in [4.78, 5) is 16.8. The van der Waals surface area contributed by atoms with Crippen molar-refractivity contribution in [1.29, 1.82) is 0 Å². The van der Waals surface area contributed by atoms with Gasteiger partial charge in [-0.3, -0.25) is 4.79 Å². The Labute approximate surface area is 166 Å². The Morgan fingerprint density at radius 2 is 2.00 bits per heavy atom. The van der Waals surface area contributed by atoms with Gasteiger partial charge in [-0.25, -0.2) is 9.67 Å². The molecule has 4 rings (SSSR count). The molecule has 4 aromatic rings. The van der Waals surface area contributed by atoms with E-state index in [0.717, 1.165) is 11.3 Å². The SMILES string of the molecule is COc1ccc(NC(=O)c2ccc(-n3cncn3)cc2C)cc1-n1nnnc1C. The van der Waals surface area contributed by atoms with Crippen LogP contribution >= 0.6 is 0 Å². The summed E-state index contributed by atoms with van der Waals surface area (Å²) in [5.41, 5.74) is 3.44. The Kier molecular flexibility index (Phi) is 4.73. The van der Waals surface area contributed by atoms with E-state index >= 15 is 0 Å². The molecule has 0 atom stereocenters. The summed E-state index contributed by atoms with van der Waals surface area (Å²) in [5, 5.41) is 18.5. The second-order valence-electron chi connectivity index (χ2n) is 6.32. The topological polar surface area (TPSA) is 113 Å². The first kappa shape index (κ1) is 18.3. The molecule has 1 amide bonds. The molecule has 2 aromatic carbocycles. The number of carbonyl (C=O) groups excluding carboxylic acids is 1. The lowest BCUT2D eigenvalue weighted by Gasteiger charge is -2.13. The van der Waals surface area contributed by atoms with Gasteiger partial charge in [-0.2, -0.15) is 9.78 Å². The van der Waals surface area contributed by atoms with Crippen LogP contribution in [0.25, 0.3) is 11.4 Å². The highest BCUT2D eigenvalue weighted by atomic mass is 16.5. The molecule has 0 fully saturated rings. The molecule has 10 nitrogen and oxygen atoms in total. The number of carbonyl (C=O) groups is 1. The highest BCUT2D eigenvalue weighted by Crippen LogP contribution is 2.27. The fourth-order valence-electron chi connectivity index (χ4n) is 2.97. The summed E-state index contributed by atoms with van der Waals surface area (Å²) in [6, 6.07) is 10.7. The number of hydrogen-bond acceptors (Lipinski definition) is 7. The Morgan fingerprint density at radius 1 is 1.14 bits per heavy atom. The van der Waals surface area contributed by atoms with Crippen molar-refractivity contribution in [2.45, 2.75) is 13.8 Å². The van der Waals surface area contributed by atoms with E-state index in [1.807, 2.05) is 19.1 Å². The van der Waals surface area contributed by atoms with E-state index in [1.54, 1.807) is 54.0 Å². The van der Waals surface area contributed by atoms with Gasteiger partial charge >= 0.3 is 0 Å². The number of aryl methyl sites for hydroxylation is 2. The van der Waals surface area contributed by atoms with E-state index in [4.69, 9.17) is 4.74 Å². The van der Waals surface area contributed by atoms with Gasteiger partial charge in [-0.15, -0.1) is 5.10 Å². The molecule has 2 heterocycles. The Morgan fingerprint density at radius 3 is 2.66 bits per heavy atom. The first-order valence-corrected chi connectivity index (χ1v) is 8.77. The van der Waals surface area contributed by atoms with Crippen LogP contribution in [0.2, 0.25) is 0 Å². The highest BCUT2D eigenvalue weighted by molar-refractivity contribution is 6.05. The molecule has 10 heteroatoms. The Balaban J connectivity index is 1.61. The number of rotatable bonds is 5. The molecule has 0 radical (unpaired) electrons. The number of benzene rings is 2. The van der Waals surface area contributed by atoms with Crippen molar-refractivity contribution in [1.82, 2.24) is 35.0 Å². The maximum atomic E-state index is 12.8. The van der Waals surface area contributed by atoms with E-state index in [9.17, 15) is 4.79 Å². The number of methoxy groups -OCH3 is 1. The molecule has 1 N–H and O–H groups in total. The van der Waals surface area contributed by atoms with Crippen LogP contribution in [0.5, 0.6) is 5.75 Å². The number of ether oxygens (including phenoxy) is 1. The Hall–Kier alpha value is -4.08. The van der Waals surface area contributed by atoms with Crippen molar-refractivity contribution in [3.63, 3.8) is 0 Å². The van der Waals surface area contributed by atoms with E-state index in [2.05, 4.69) is 30.9 Å². The zero-order chi connectivity index (χ0) is 20.4. The quantitative estimate of drug-likeness (QED) is 0.555. The summed E-state index contributed by atoms with van der Waals surface area (Å²) in [6.45, 7) is 3.66. The van der Waals surface area contributed by atoms with Gasteiger partial charge < -0.3 is 10.1 Å². The van der Waals surface area contributed by atoms with E-state index < -0.39 is 0 Å². The summed E-state index contributed by atoms with van der Waals surface area (Å²) in [6.07, 6.45) is 3.07. The normalized spacial score (nSPS) is 10.7. The average molecular weight is 390 g/mol. The lowest BCUT2D eigenvalue weighted by molar-refractivity contribution is 0.102. The van der Waals surface area contributed by atoms with Gasteiger partial charge in [-0.05, 0) is 66.2 Å². The number of tetrazole rings is 1. The first-order valence-electron chi connectivity index (χ1n) is 8.77. The van der Waals surface area contributed by atoms with Gasteiger partial charge in [0.1, 0.15) is 24.1 Å². The van der Waals surface area contributed by atoms with E-state index in [-0.39, 0.29) is 5.91 Å². The fourth-order valence-corrected chi connectivity index (χ4v) is 2.97. The summed E-state index contributed by atoms with van der Waals surface area (Å²) < 4.78 is 8.58. The van der Waals surface area contributed by atoms with Crippen LogP contribution in [0, 0.1) is 13.8 Å². The van der Waals surface area contributed by atoms with Crippen LogP contribution in [-0.4, -0.2) is 48.0 Å². The molecule has 146 valence electrons. The standard InChI is InChI=1S/C19H18N8O2/c1-12-8-15(26-11-20-10-21-26)5-6-16(12)19(28)22-14-4-7-18(29-3)17(9-14)27-13(2)23-24-25-27/h4-11H,1-3H3,(H,22,28). The third-order valence-corrected chi connectivity index (χ3v) is 4.43. The van der Waals surface area contributed by atoms with Crippen LogP contribution in [-0.2, 0) is 0 Å². The lowest BCUT2D eigenvalue weighted by Crippen LogP contribution is -2.14. The van der Waals surface area contributed by atoms with Crippen LogP contribution in [0.3, 0.4) is 0 Å². The minimum absolute atomic E-state index is 0.225. The molecule has 0 spiro atoms. The first-order chi connectivity index (χ1) is 14.1. The lowest BCUT2D eigenvalue weighted by atomic mass is 10.1. The van der Waals surface area contributed by atoms with Gasteiger partial charge in [0.2, 0.25) is 0 Å². The monoisotopic (exact) mass is 390 g/mol. The predicted octanol–water partition coefficient (Wildman–Crippen LogP) is 2.12. The second-order valence-corrected chi connectivity index (χ2v) is 6.32. The highest BCUT2D eigenvalue weighted by Gasteiger charge is 2.14. The molecule has 0 saturated heterocycles. The Bertz CT molecular complexity index is 1170. The number of nitrogens with one attached hydrogen (secondary N) is 1. The summed E-state index contributed by atoms with van der Waals surface area (Å²) in [7, 11) is 1.57. The van der Waals surface area contributed by atoms with Crippen molar-refractivity contribution < 1.29 is 9.53 Å². The third-order valence-electron chi connectivity index (χ3n) is 4.43. The van der Waals surface area contributed by atoms with Gasteiger partial charge in [0.25, 0.3) is 5.91 Å². The van der Waals surface area contributed by atoms with Gasteiger partial charge in [0.05, 0.1) is 12.8 Å². The fraction of sp³-hybridized carbons (Fsp3) is 0.158. The maximum absolute atomic E-state index is 12.8.